The van der Waals surface area contributed by atoms with Crippen molar-refractivity contribution in [1.29, 1.82) is 0 Å². The Kier molecular flexibility index (Phi) is 4.13. The van der Waals surface area contributed by atoms with E-state index >= 15 is 0 Å². The third-order valence-corrected chi connectivity index (χ3v) is 7.36. The molecule has 0 aromatic carbocycles. The van der Waals surface area contributed by atoms with Crippen molar-refractivity contribution in [3.63, 3.8) is 0 Å². The molecule has 1 saturated heterocycles. The maximum Gasteiger partial charge on any atom is 0.217 e. The lowest BCUT2D eigenvalue weighted by atomic mass is 10.1. The minimum Gasteiger partial charge on any atom is -0.372 e. The van der Waals surface area contributed by atoms with Crippen LogP contribution in [0.3, 0.4) is 0 Å². The number of nitrogens with zero attached hydrogens (tertiary/aromatic N) is 2. The molecule has 0 bridgehead atoms. The second-order valence-electron chi connectivity index (χ2n) is 6.55. The summed E-state index contributed by atoms with van der Waals surface area (Å²) in [4.78, 5) is 4.08. The maximum absolute atomic E-state index is 12.6. The Balaban J connectivity index is 1.43. The first-order valence-electron chi connectivity index (χ1n) is 8.29. The fraction of sp³-hybridized carbons (Fsp3) is 0.688. The normalized spacial score (nSPS) is 31.9. The molecule has 0 spiro atoms. The Morgan fingerprint density at radius 3 is 2.91 bits per heavy atom. The van der Waals surface area contributed by atoms with Crippen molar-refractivity contribution < 1.29 is 17.9 Å². The summed E-state index contributed by atoms with van der Waals surface area (Å²) in [6.07, 6.45) is 6.60. The molecule has 23 heavy (non-hydrogen) atoms. The molecular weight excluding hydrogens is 316 g/mol. The minimum atomic E-state index is -3.15. The van der Waals surface area contributed by atoms with Crippen molar-refractivity contribution in [2.24, 2.45) is 0 Å². The first kappa shape index (κ1) is 15.5. The topological polar surface area (TPSA) is 68.7 Å². The average molecular weight is 338 g/mol. The summed E-state index contributed by atoms with van der Waals surface area (Å²) in [7, 11) is -3.15. The fourth-order valence-corrected chi connectivity index (χ4v) is 5.67. The van der Waals surface area contributed by atoms with E-state index in [9.17, 15) is 8.42 Å². The third kappa shape index (κ3) is 3.03. The summed E-state index contributed by atoms with van der Waals surface area (Å²) < 4.78 is 38.8. The number of hydrogen-bond acceptors (Lipinski definition) is 5. The van der Waals surface area contributed by atoms with E-state index < -0.39 is 10.0 Å². The highest BCUT2D eigenvalue weighted by atomic mass is 32.2. The van der Waals surface area contributed by atoms with Crippen LogP contribution < -0.4 is 0 Å². The molecule has 7 heteroatoms. The van der Waals surface area contributed by atoms with Crippen LogP contribution in [0.25, 0.3) is 0 Å². The molecule has 3 fully saturated rings. The number of sulfonamides is 1. The number of ether oxygens (including phenoxy) is 2. The molecular formula is C16H22N2O4S. The van der Waals surface area contributed by atoms with Crippen LogP contribution in [0.1, 0.15) is 31.2 Å². The van der Waals surface area contributed by atoms with Gasteiger partial charge in [0.1, 0.15) is 6.10 Å². The van der Waals surface area contributed by atoms with Gasteiger partial charge < -0.3 is 9.47 Å². The molecule has 1 aromatic heterocycles. The van der Waals surface area contributed by atoms with Crippen LogP contribution in [0.2, 0.25) is 0 Å². The number of aromatic nitrogens is 1. The van der Waals surface area contributed by atoms with Gasteiger partial charge in [-0.15, -0.1) is 0 Å². The van der Waals surface area contributed by atoms with E-state index in [0.29, 0.717) is 19.8 Å². The molecule has 1 aliphatic heterocycles. The van der Waals surface area contributed by atoms with Crippen molar-refractivity contribution in [3.05, 3.63) is 30.1 Å². The predicted octanol–water partition coefficient (Wildman–Crippen LogP) is 1.32. The molecule has 126 valence electrons. The lowest BCUT2D eigenvalue weighted by Crippen LogP contribution is -2.54. The zero-order valence-electron chi connectivity index (χ0n) is 13.0. The van der Waals surface area contributed by atoms with Gasteiger partial charge in [0.25, 0.3) is 0 Å². The largest absolute Gasteiger partial charge is 0.372 e. The van der Waals surface area contributed by atoms with Crippen LogP contribution in [-0.4, -0.2) is 54.4 Å². The lowest BCUT2D eigenvalue weighted by Gasteiger charge is -2.38. The van der Waals surface area contributed by atoms with Crippen LogP contribution in [-0.2, 0) is 26.1 Å². The summed E-state index contributed by atoms with van der Waals surface area (Å²) in [5.41, 5.74) is 1.02. The summed E-state index contributed by atoms with van der Waals surface area (Å²) >= 11 is 0. The Morgan fingerprint density at radius 2 is 2.17 bits per heavy atom. The van der Waals surface area contributed by atoms with E-state index in [-0.39, 0.29) is 23.5 Å². The van der Waals surface area contributed by atoms with Crippen molar-refractivity contribution in [2.45, 2.75) is 55.8 Å². The summed E-state index contributed by atoms with van der Waals surface area (Å²) in [6, 6.07) is 3.80. The number of rotatable bonds is 5. The number of pyridine rings is 1. The van der Waals surface area contributed by atoms with Gasteiger partial charge in [-0.05, 0) is 37.3 Å². The van der Waals surface area contributed by atoms with E-state index in [1.807, 2.05) is 12.1 Å². The van der Waals surface area contributed by atoms with Crippen molar-refractivity contribution in [1.82, 2.24) is 9.29 Å². The van der Waals surface area contributed by atoms with Gasteiger partial charge in [0.2, 0.25) is 10.0 Å². The first-order chi connectivity index (χ1) is 11.2. The summed E-state index contributed by atoms with van der Waals surface area (Å²) in [6.45, 7) is 1.43. The molecule has 6 nitrogen and oxygen atoms in total. The maximum atomic E-state index is 12.6. The first-order valence-corrected chi connectivity index (χ1v) is 9.79. The highest BCUT2D eigenvalue weighted by Crippen LogP contribution is 2.38. The summed E-state index contributed by atoms with van der Waals surface area (Å²) in [5, 5.41) is -0.156. The third-order valence-electron chi connectivity index (χ3n) is 4.94. The Hall–Kier alpha value is -1.02. The van der Waals surface area contributed by atoms with E-state index in [0.717, 1.165) is 31.2 Å². The van der Waals surface area contributed by atoms with Crippen LogP contribution in [0.5, 0.6) is 0 Å². The van der Waals surface area contributed by atoms with Crippen molar-refractivity contribution in [3.8, 4) is 0 Å². The Bertz CT molecular complexity index is 647. The number of fused-ring (bicyclic) bond motifs is 1. The van der Waals surface area contributed by atoms with Crippen LogP contribution in [0.15, 0.2) is 24.5 Å². The molecule has 3 aliphatic rings. The van der Waals surface area contributed by atoms with Crippen LogP contribution >= 0.6 is 0 Å². The second-order valence-corrected chi connectivity index (χ2v) is 8.71. The van der Waals surface area contributed by atoms with Crippen LogP contribution in [0, 0.1) is 0 Å². The predicted molar refractivity (Wildman–Crippen MR) is 84.2 cm³/mol. The van der Waals surface area contributed by atoms with Gasteiger partial charge in [0, 0.05) is 18.9 Å². The van der Waals surface area contributed by atoms with Crippen molar-refractivity contribution >= 4 is 10.0 Å². The molecule has 1 aromatic rings. The molecule has 3 atom stereocenters. The van der Waals surface area contributed by atoms with E-state index in [1.165, 1.54) is 0 Å². The van der Waals surface area contributed by atoms with E-state index in [2.05, 4.69) is 4.98 Å². The minimum absolute atomic E-state index is 0.0441. The van der Waals surface area contributed by atoms with Crippen LogP contribution in [0.4, 0.5) is 0 Å². The standard InChI is InChI=1S/C16H22N2O4S/c19-23(20,13-3-4-13)18-8-9-21-16-14(18)5-6-15(16)22-11-12-2-1-7-17-10-12/h1-2,7,10,13-16H,3-6,8-9,11H2/t14-,15-,16+/m0/s1. The average Bonchev–Trinajstić information content (AvgIpc) is 3.35. The molecule has 0 N–H and O–H groups in total. The number of hydrogen-bond donors (Lipinski definition) is 0. The second kappa shape index (κ2) is 6.12. The SMILES string of the molecule is O=S(=O)(C1CC1)N1CCO[C@H]2[C@@H](OCc3cccnc3)CC[C@@H]21. The van der Waals surface area contributed by atoms with Gasteiger partial charge in [-0.25, -0.2) is 8.42 Å². The lowest BCUT2D eigenvalue weighted by molar-refractivity contribution is -0.100. The zero-order chi connectivity index (χ0) is 15.9. The monoisotopic (exact) mass is 338 g/mol. The molecule has 0 radical (unpaired) electrons. The van der Waals surface area contributed by atoms with Gasteiger partial charge in [-0.2, -0.15) is 4.31 Å². The molecule has 0 unspecified atom stereocenters. The Morgan fingerprint density at radius 1 is 1.30 bits per heavy atom. The van der Waals surface area contributed by atoms with Gasteiger partial charge >= 0.3 is 0 Å². The molecule has 2 heterocycles. The van der Waals surface area contributed by atoms with Gasteiger partial charge in [-0.1, -0.05) is 6.07 Å². The highest BCUT2D eigenvalue weighted by molar-refractivity contribution is 7.90. The molecule has 2 saturated carbocycles. The molecule has 4 rings (SSSR count). The quantitative estimate of drug-likeness (QED) is 0.810. The van der Waals surface area contributed by atoms with Gasteiger partial charge in [-0.3, -0.25) is 4.98 Å². The van der Waals surface area contributed by atoms with E-state index in [1.54, 1.807) is 16.7 Å². The molecule has 0 amide bonds. The fourth-order valence-electron chi connectivity index (χ4n) is 3.62. The summed E-state index contributed by atoms with van der Waals surface area (Å²) in [5.74, 6) is 0. The van der Waals surface area contributed by atoms with Gasteiger partial charge in [0.05, 0.1) is 30.6 Å². The highest BCUT2D eigenvalue weighted by Gasteiger charge is 2.50. The van der Waals surface area contributed by atoms with E-state index in [4.69, 9.17) is 9.47 Å². The number of morpholine rings is 1. The van der Waals surface area contributed by atoms with Gasteiger partial charge in [0.15, 0.2) is 0 Å². The zero-order valence-corrected chi connectivity index (χ0v) is 13.8. The van der Waals surface area contributed by atoms with Crippen molar-refractivity contribution in [2.75, 3.05) is 13.2 Å². The Labute approximate surface area is 136 Å². The smallest absolute Gasteiger partial charge is 0.217 e. The molecule has 2 aliphatic carbocycles.